The average Bonchev–Trinajstić information content (AvgIpc) is 2.71. The van der Waals surface area contributed by atoms with E-state index in [0.29, 0.717) is 30.9 Å². The summed E-state index contributed by atoms with van der Waals surface area (Å²) in [6, 6.07) is 3.82. The van der Waals surface area contributed by atoms with Gasteiger partial charge in [0, 0.05) is 45.8 Å². The van der Waals surface area contributed by atoms with Crippen LogP contribution in [0.2, 0.25) is 0 Å². The van der Waals surface area contributed by atoms with Crippen LogP contribution in [-0.4, -0.2) is 25.3 Å². The maximum Gasteiger partial charge on any atom is 0.162 e. The van der Waals surface area contributed by atoms with Gasteiger partial charge < -0.3 is 14.8 Å². The van der Waals surface area contributed by atoms with Gasteiger partial charge in [-0.2, -0.15) is 0 Å². The van der Waals surface area contributed by atoms with Gasteiger partial charge in [-0.25, -0.2) is 0 Å². The van der Waals surface area contributed by atoms with E-state index in [1.807, 2.05) is 12.1 Å². The third kappa shape index (κ3) is 3.63. The first-order valence-corrected chi connectivity index (χ1v) is 11.1. The van der Waals surface area contributed by atoms with Crippen LogP contribution in [-0.2, 0) is 9.59 Å². The fourth-order valence-corrected chi connectivity index (χ4v) is 5.10. The highest BCUT2D eigenvalue weighted by atomic mass is 79.9. The van der Waals surface area contributed by atoms with Gasteiger partial charge >= 0.3 is 0 Å². The zero-order valence-corrected chi connectivity index (χ0v) is 18.5. The van der Waals surface area contributed by atoms with Crippen LogP contribution in [0.25, 0.3) is 0 Å². The molecule has 3 aliphatic rings. The Morgan fingerprint density at radius 1 is 1.00 bits per heavy atom. The number of carbonyl (C=O) groups is 2. The number of nitrogens with one attached hydrogen (secondary N) is 1. The Labute approximate surface area is 179 Å². The van der Waals surface area contributed by atoms with Crippen molar-refractivity contribution in [3.8, 4) is 11.5 Å². The molecule has 1 aliphatic heterocycles. The van der Waals surface area contributed by atoms with E-state index < -0.39 is 0 Å². The molecule has 0 amide bonds. The Hall–Kier alpha value is -2.08. The Morgan fingerprint density at radius 3 is 2.17 bits per heavy atom. The monoisotopic (exact) mass is 459 g/mol. The van der Waals surface area contributed by atoms with Crippen LogP contribution in [0.5, 0.6) is 11.5 Å². The van der Waals surface area contributed by atoms with Gasteiger partial charge in [-0.3, -0.25) is 9.59 Å². The predicted octanol–water partition coefficient (Wildman–Crippen LogP) is 4.95. The van der Waals surface area contributed by atoms with Crippen molar-refractivity contribution >= 4 is 27.5 Å². The van der Waals surface area contributed by atoms with Gasteiger partial charge in [-0.1, -0.05) is 22.9 Å². The van der Waals surface area contributed by atoms with Gasteiger partial charge in [0.1, 0.15) is 0 Å². The number of dihydropyridines is 1. The summed E-state index contributed by atoms with van der Waals surface area (Å²) in [4.78, 5) is 25.9. The summed E-state index contributed by atoms with van der Waals surface area (Å²) in [7, 11) is 1.61. The number of Topliss-reactive ketones (excluding diaryl/α,β-unsaturated/α-hetero) is 2. The quantitative estimate of drug-likeness (QED) is 0.674. The normalized spacial score (nSPS) is 19.7. The number of methoxy groups -OCH3 is 1. The molecule has 0 spiro atoms. The van der Waals surface area contributed by atoms with E-state index in [1.165, 1.54) is 0 Å². The maximum absolute atomic E-state index is 13.0. The second kappa shape index (κ2) is 8.34. The number of rotatable bonds is 5. The second-order valence-electron chi connectivity index (χ2n) is 7.77. The average molecular weight is 460 g/mol. The summed E-state index contributed by atoms with van der Waals surface area (Å²) in [5, 5.41) is 3.45. The van der Waals surface area contributed by atoms with Crippen LogP contribution >= 0.6 is 15.9 Å². The van der Waals surface area contributed by atoms with Crippen molar-refractivity contribution in [2.75, 3.05) is 13.7 Å². The third-order valence-electron chi connectivity index (χ3n) is 5.85. The highest BCUT2D eigenvalue weighted by molar-refractivity contribution is 9.10. The van der Waals surface area contributed by atoms with E-state index in [9.17, 15) is 9.59 Å². The van der Waals surface area contributed by atoms with Crippen LogP contribution in [0.4, 0.5) is 0 Å². The fourth-order valence-electron chi connectivity index (χ4n) is 4.55. The molecule has 154 valence electrons. The maximum atomic E-state index is 13.0. The van der Waals surface area contributed by atoms with Crippen molar-refractivity contribution in [1.29, 1.82) is 0 Å². The van der Waals surface area contributed by atoms with E-state index >= 15 is 0 Å². The highest BCUT2D eigenvalue weighted by Crippen LogP contribution is 2.48. The summed E-state index contributed by atoms with van der Waals surface area (Å²) in [6.07, 6.45) is 5.33. The number of carbonyl (C=O) groups excluding carboxylic acids is 2. The largest absolute Gasteiger partial charge is 0.493 e. The molecule has 0 radical (unpaired) electrons. The van der Waals surface area contributed by atoms with Crippen molar-refractivity contribution in [3.63, 3.8) is 0 Å². The molecule has 0 fully saturated rings. The van der Waals surface area contributed by atoms with Crippen LogP contribution < -0.4 is 14.8 Å². The van der Waals surface area contributed by atoms with E-state index in [2.05, 4.69) is 28.2 Å². The van der Waals surface area contributed by atoms with Gasteiger partial charge in [0.05, 0.1) is 13.7 Å². The van der Waals surface area contributed by atoms with Gasteiger partial charge in [0.2, 0.25) is 0 Å². The minimum atomic E-state index is -0.356. The molecule has 1 heterocycles. The molecule has 0 unspecified atom stereocenters. The van der Waals surface area contributed by atoms with E-state index in [1.54, 1.807) is 7.11 Å². The van der Waals surface area contributed by atoms with Crippen molar-refractivity contribution in [2.24, 2.45) is 0 Å². The molecular weight excluding hydrogens is 434 g/mol. The van der Waals surface area contributed by atoms with Crippen molar-refractivity contribution in [3.05, 3.63) is 44.7 Å². The number of hydrogen-bond acceptors (Lipinski definition) is 5. The third-order valence-corrected chi connectivity index (χ3v) is 6.53. The smallest absolute Gasteiger partial charge is 0.162 e. The summed E-state index contributed by atoms with van der Waals surface area (Å²) in [5.74, 6) is 1.18. The highest BCUT2D eigenvalue weighted by Gasteiger charge is 2.41. The molecule has 0 aromatic heterocycles. The first-order valence-electron chi connectivity index (χ1n) is 10.3. The Bertz CT molecular complexity index is 889. The Kier molecular flexibility index (Phi) is 5.81. The fraction of sp³-hybridized carbons (Fsp3) is 0.478. The topological polar surface area (TPSA) is 64.6 Å². The minimum Gasteiger partial charge on any atom is -0.493 e. The number of ketones is 2. The predicted molar refractivity (Wildman–Crippen MR) is 114 cm³/mol. The Balaban J connectivity index is 1.88. The minimum absolute atomic E-state index is 0.130. The summed E-state index contributed by atoms with van der Waals surface area (Å²) in [5.41, 5.74) is 4.34. The number of halogens is 1. The SMILES string of the molecule is CCCOc1cc(Br)c(C2C3=C(CCCC3=O)NC3=C2C(=O)CCC3)cc1OC. The van der Waals surface area contributed by atoms with Gasteiger partial charge in [-0.15, -0.1) is 0 Å². The molecule has 1 aromatic carbocycles. The van der Waals surface area contributed by atoms with Gasteiger partial charge in [0.15, 0.2) is 23.1 Å². The summed E-state index contributed by atoms with van der Waals surface area (Å²) < 4.78 is 12.2. The number of hydrogen-bond donors (Lipinski definition) is 1. The molecule has 6 heteroatoms. The lowest BCUT2D eigenvalue weighted by Gasteiger charge is -2.37. The van der Waals surface area contributed by atoms with Crippen molar-refractivity contribution in [2.45, 2.75) is 57.8 Å². The molecule has 1 aromatic rings. The summed E-state index contributed by atoms with van der Waals surface area (Å²) >= 11 is 3.69. The number of benzene rings is 1. The van der Waals surface area contributed by atoms with Crippen molar-refractivity contribution in [1.82, 2.24) is 5.32 Å². The zero-order chi connectivity index (χ0) is 20.5. The lowest BCUT2D eigenvalue weighted by atomic mass is 9.71. The number of allylic oxidation sites excluding steroid dienone is 4. The molecule has 29 heavy (non-hydrogen) atoms. The molecule has 0 saturated heterocycles. The van der Waals surface area contributed by atoms with E-state index in [0.717, 1.165) is 64.7 Å². The molecule has 4 rings (SSSR count). The molecule has 1 N–H and O–H groups in total. The molecule has 0 saturated carbocycles. The van der Waals surface area contributed by atoms with Crippen molar-refractivity contribution < 1.29 is 19.1 Å². The van der Waals surface area contributed by atoms with Crippen LogP contribution in [0.3, 0.4) is 0 Å². The summed E-state index contributed by atoms with van der Waals surface area (Å²) in [6.45, 7) is 2.65. The van der Waals surface area contributed by atoms with Crippen LogP contribution in [0, 0.1) is 0 Å². The first kappa shape index (κ1) is 20.2. The standard InChI is InChI=1S/C23H26BrNO4/c1-3-10-29-20-12-14(24)13(11-19(20)28-2)21-22-15(6-4-8-17(22)26)25-16-7-5-9-18(27)23(16)21/h11-12,21,25H,3-10H2,1-2H3. The molecule has 0 atom stereocenters. The molecule has 0 bridgehead atoms. The van der Waals surface area contributed by atoms with Gasteiger partial charge in [-0.05, 0) is 49.8 Å². The lowest BCUT2D eigenvalue weighted by molar-refractivity contribution is -0.116. The van der Waals surface area contributed by atoms with Crippen LogP contribution in [0.15, 0.2) is 39.1 Å². The first-order chi connectivity index (χ1) is 14.0. The zero-order valence-electron chi connectivity index (χ0n) is 16.9. The van der Waals surface area contributed by atoms with Gasteiger partial charge in [0.25, 0.3) is 0 Å². The Morgan fingerprint density at radius 2 is 1.62 bits per heavy atom. The molecule has 5 nitrogen and oxygen atoms in total. The lowest BCUT2D eigenvalue weighted by Crippen LogP contribution is -2.36. The van der Waals surface area contributed by atoms with E-state index in [4.69, 9.17) is 9.47 Å². The molecular formula is C23H26BrNO4. The van der Waals surface area contributed by atoms with Crippen LogP contribution in [0.1, 0.15) is 63.4 Å². The second-order valence-corrected chi connectivity index (χ2v) is 8.62. The number of ether oxygens (including phenoxy) is 2. The molecule has 2 aliphatic carbocycles. The van der Waals surface area contributed by atoms with E-state index in [-0.39, 0.29) is 17.5 Å².